The van der Waals surface area contributed by atoms with E-state index in [1.807, 2.05) is 33.8 Å². The molecule has 0 spiro atoms. The maximum absolute atomic E-state index is 15.3. The van der Waals surface area contributed by atoms with Gasteiger partial charge >= 0.3 is 6.09 Å². The Labute approximate surface area is 257 Å². The number of anilines is 2. The highest BCUT2D eigenvalue weighted by atomic mass is 19.1. The summed E-state index contributed by atoms with van der Waals surface area (Å²) in [4.78, 5) is 38.5. The minimum atomic E-state index is -0.613. The zero-order valence-electron chi connectivity index (χ0n) is 26.4. The lowest BCUT2D eigenvalue weighted by Crippen LogP contribution is -2.42. The molecule has 2 amide bonds. The average molecular weight is 605 g/mol. The third-order valence-electron chi connectivity index (χ3n) is 8.77. The summed E-state index contributed by atoms with van der Waals surface area (Å²) < 4.78 is 29.2. The highest BCUT2D eigenvalue weighted by molar-refractivity contribution is 6.07. The van der Waals surface area contributed by atoms with Crippen molar-refractivity contribution in [1.29, 1.82) is 0 Å². The number of nitrogens with two attached hydrogens (primary N) is 1. The second kappa shape index (κ2) is 10.8. The molecule has 0 saturated carbocycles. The van der Waals surface area contributed by atoms with Gasteiger partial charge in [0.15, 0.2) is 11.6 Å². The van der Waals surface area contributed by atoms with Crippen LogP contribution in [0.25, 0.3) is 11.3 Å². The number of likely N-dealkylation sites (tertiary alicyclic amines) is 1. The van der Waals surface area contributed by atoms with Crippen molar-refractivity contribution in [3.8, 4) is 17.0 Å². The molecule has 234 valence electrons. The molecule has 1 atom stereocenters. The van der Waals surface area contributed by atoms with E-state index in [2.05, 4.69) is 28.4 Å². The fourth-order valence-corrected chi connectivity index (χ4v) is 6.80. The van der Waals surface area contributed by atoms with Crippen LogP contribution in [0.1, 0.15) is 74.8 Å². The summed E-state index contributed by atoms with van der Waals surface area (Å²) in [6.07, 6.45) is 4.36. The number of hydrogen-bond donors (Lipinski definition) is 1. The Kier molecular flexibility index (Phi) is 7.33. The second-order valence-electron chi connectivity index (χ2n) is 13.9. The Balaban J connectivity index is 1.28. The van der Waals surface area contributed by atoms with Gasteiger partial charge in [0.25, 0.3) is 5.91 Å². The average Bonchev–Trinajstić information content (AvgIpc) is 3.61. The number of ether oxygens (including phenoxy) is 2. The lowest BCUT2D eigenvalue weighted by molar-refractivity contribution is 0.0188. The van der Waals surface area contributed by atoms with Gasteiger partial charge in [0.05, 0.1) is 11.7 Å². The molecule has 3 aromatic rings. The van der Waals surface area contributed by atoms with Gasteiger partial charge in [-0.1, -0.05) is 13.8 Å². The van der Waals surface area contributed by atoms with Crippen LogP contribution in [0.3, 0.4) is 0 Å². The maximum Gasteiger partial charge on any atom is 0.410 e. The summed E-state index contributed by atoms with van der Waals surface area (Å²) in [6.45, 7) is 13.6. The van der Waals surface area contributed by atoms with Crippen molar-refractivity contribution in [2.45, 2.75) is 85.4 Å². The quantitative estimate of drug-likeness (QED) is 0.407. The molecular weight excluding hydrogens is 563 g/mol. The van der Waals surface area contributed by atoms with Crippen LogP contribution in [0.4, 0.5) is 20.7 Å². The molecule has 2 N–H and O–H groups in total. The Bertz CT molecular complexity index is 1640. The monoisotopic (exact) mass is 604 g/mol. The third-order valence-corrected chi connectivity index (χ3v) is 8.77. The molecule has 2 aromatic heterocycles. The molecule has 6 rings (SSSR count). The van der Waals surface area contributed by atoms with Crippen molar-refractivity contribution in [2.24, 2.45) is 5.41 Å². The van der Waals surface area contributed by atoms with Crippen LogP contribution in [0.2, 0.25) is 0 Å². The van der Waals surface area contributed by atoms with Crippen LogP contribution in [-0.4, -0.2) is 62.8 Å². The second-order valence-corrected chi connectivity index (χ2v) is 13.9. The Morgan fingerprint density at radius 2 is 1.91 bits per heavy atom. The number of halogens is 1. The van der Waals surface area contributed by atoms with E-state index >= 15 is 4.39 Å². The van der Waals surface area contributed by atoms with E-state index in [9.17, 15) is 9.59 Å². The highest BCUT2D eigenvalue weighted by Crippen LogP contribution is 2.42. The van der Waals surface area contributed by atoms with Crippen molar-refractivity contribution in [1.82, 2.24) is 19.4 Å². The number of carbonyl (C=O) groups excluding carboxylic acids is 2. The summed E-state index contributed by atoms with van der Waals surface area (Å²) in [6, 6.07) is 4.56. The SMILES string of the molecule is Cc1c(-c2ncnc(N)c2OC[C@@H]2CCCN2C(=O)OC(C)(C)C)cc(F)cc1N1CCn2c(cc3c2CC(C)(C)C3)C1=O. The molecule has 3 aliphatic rings. The molecular formula is C33H41FN6O4. The predicted molar refractivity (Wildman–Crippen MR) is 165 cm³/mol. The number of rotatable bonds is 5. The fourth-order valence-electron chi connectivity index (χ4n) is 6.80. The van der Waals surface area contributed by atoms with Crippen LogP contribution in [0.15, 0.2) is 24.5 Å². The topological polar surface area (TPSA) is 116 Å². The third kappa shape index (κ3) is 5.48. The summed E-state index contributed by atoms with van der Waals surface area (Å²) in [5.41, 5.74) is 10.9. The number of fused-ring (bicyclic) bond motifs is 3. The first-order valence-corrected chi connectivity index (χ1v) is 15.3. The zero-order chi connectivity index (χ0) is 31.6. The molecule has 1 saturated heterocycles. The zero-order valence-corrected chi connectivity index (χ0v) is 26.4. The number of amides is 2. The molecule has 2 aliphatic heterocycles. The van der Waals surface area contributed by atoms with Gasteiger partial charge in [0.2, 0.25) is 0 Å². The minimum Gasteiger partial charge on any atom is -0.485 e. The Hall–Kier alpha value is -4.15. The Morgan fingerprint density at radius 1 is 1.14 bits per heavy atom. The molecule has 4 heterocycles. The van der Waals surface area contributed by atoms with Crippen molar-refractivity contribution in [3.63, 3.8) is 0 Å². The summed E-state index contributed by atoms with van der Waals surface area (Å²) in [7, 11) is 0. The van der Waals surface area contributed by atoms with Gasteiger partial charge in [-0.2, -0.15) is 0 Å². The van der Waals surface area contributed by atoms with Crippen LogP contribution in [-0.2, 0) is 24.1 Å². The standard InChI is InChI=1S/C33H41FN6O4/c1-19-23(27-28(29(35)37-18-36-27)43-17-22-8-7-9-38(22)31(42)44-32(2,3)4)13-21(34)14-24(19)40-11-10-39-25(30(40)41)12-20-15-33(5,6)16-26(20)39/h12-14,18,22H,7-11,15-17H2,1-6H3,(H2,35,36,37)/t22-/m0/s1. The van der Waals surface area contributed by atoms with E-state index in [4.69, 9.17) is 15.2 Å². The first-order chi connectivity index (χ1) is 20.7. The summed E-state index contributed by atoms with van der Waals surface area (Å²) in [5, 5.41) is 0. The van der Waals surface area contributed by atoms with Gasteiger partial charge in [-0.05, 0) is 88.1 Å². The summed E-state index contributed by atoms with van der Waals surface area (Å²) in [5.74, 6) is -0.341. The lowest BCUT2D eigenvalue weighted by Gasteiger charge is -2.31. The molecule has 11 heteroatoms. The minimum absolute atomic E-state index is 0.103. The number of benzene rings is 1. The normalized spacial score (nSPS) is 19.2. The van der Waals surface area contributed by atoms with Crippen molar-refractivity contribution >= 4 is 23.5 Å². The number of nitrogens with zero attached hydrogens (tertiary/aromatic N) is 5. The van der Waals surface area contributed by atoms with E-state index in [1.165, 1.54) is 29.7 Å². The number of nitrogen functional groups attached to an aromatic ring is 1. The first kappa shape index (κ1) is 29.9. The molecule has 1 aromatic carbocycles. The van der Waals surface area contributed by atoms with Gasteiger partial charge in [0, 0.05) is 30.9 Å². The first-order valence-electron chi connectivity index (χ1n) is 15.3. The van der Waals surface area contributed by atoms with E-state index in [0.29, 0.717) is 47.8 Å². The van der Waals surface area contributed by atoms with Crippen molar-refractivity contribution in [3.05, 3.63) is 52.9 Å². The highest BCUT2D eigenvalue weighted by Gasteiger charge is 2.38. The number of carbonyl (C=O) groups is 2. The molecule has 0 radical (unpaired) electrons. The molecule has 1 fully saturated rings. The van der Waals surface area contributed by atoms with Gasteiger partial charge in [0.1, 0.15) is 35.7 Å². The van der Waals surface area contributed by atoms with Crippen molar-refractivity contribution in [2.75, 3.05) is 30.3 Å². The van der Waals surface area contributed by atoms with E-state index in [1.54, 1.807) is 9.80 Å². The van der Waals surface area contributed by atoms with E-state index in [0.717, 1.165) is 25.7 Å². The predicted octanol–water partition coefficient (Wildman–Crippen LogP) is 5.54. The maximum atomic E-state index is 15.3. The van der Waals surface area contributed by atoms with Gasteiger partial charge in [-0.3, -0.25) is 4.79 Å². The van der Waals surface area contributed by atoms with Crippen LogP contribution in [0, 0.1) is 18.2 Å². The molecule has 44 heavy (non-hydrogen) atoms. The smallest absolute Gasteiger partial charge is 0.410 e. The number of aromatic nitrogens is 3. The van der Waals surface area contributed by atoms with Gasteiger partial charge in [-0.25, -0.2) is 19.2 Å². The molecule has 0 bridgehead atoms. The van der Waals surface area contributed by atoms with E-state index < -0.39 is 17.5 Å². The van der Waals surface area contributed by atoms with Gasteiger partial charge < -0.3 is 29.6 Å². The van der Waals surface area contributed by atoms with Crippen LogP contribution >= 0.6 is 0 Å². The van der Waals surface area contributed by atoms with Crippen LogP contribution < -0.4 is 15.4 Å². The molecule has 0 unspecified atom stereocenters. The Morgan fingerprint density at radius 3 is 2.66 bits per heavy atom. The lowest BCUT2D eigenvalue weighted by atomic mass is 9.90. The van der Waals surface area contributed by atoms with Crippen LogP contribution in [0.5, 0.6) is 5.75 Å². The van der Waals surface area contributed by atoms with Gasteiger partial charge in [-0.15, -0.1) is 0 Å². The summed E-state index contributed by atoms with van der Waals surface area (Å²) >= 11 is 0. The largest absolute Gasteiger partial charge is 0.485 e. The molecule has 1 aliphatic carbocycles. The van der Waals surface area contributed by atoms with E-state index in [-0.39, 0.29) is 35.5 Å². The number of hydrogen-bond acceptors (Lipinski definition) is 7. The molecule has 10 nitrogen and oxygen atoms in total. The fraction of sp³-hybridized carbons (Fsp3) is 0.515. The van der Waals surface area contributed by atoms with Crippen molar-refractivity contribution < 1.29 is 23.5 Å².